The summed E-state index contributed by atoms with van der Waals surface area (Å²) in [6.07, 6.45) is 2.09. The number of hydrogen-bond donors (Lipinski definition) is 1. The van der Waals surface area contributed by atoms with Gasteiger partial charge in [-0.1, -0.05) is 36.1 Å². The van der Waals surface area contributed by atoms with Crippen molar-refractivity contribution >= 4 is 56.0 Å². The van der Waals surface area contributed by atoms with Crippen LogP contribution in [0.25, 0.3) is 6.08 Å². The molecule has 27 heavy (non-hydrogen) atoms. The standard InChI is InChI=1S/C17H18N2O5S3/c1-24-13-4-2-3-11(7-13)8-14-16(21)19(17(25)26-14)9-15(20)18-12-5-6-27(22,23)10-12/h2-4,7-8,12H,5-6,9-10H2,1H3,(H,18,20)/b14-8-/t12-/m1/s1. The van der Waals surface area contributed by atoms with E-state index in [0.717, 1.165) is 17.3 Å². The van der Waals surface area contributed by atoms with Crippen molar-refractivity contribution < 1.29 is 22.7 Å². The first-order valence-electron chi connectivity index (χ1n) is 8.16. The van der Waals surface area contributed by atoms with Crippen molar-refractivity contribution in [1.82, 2.24) is 10.2 Å². The third kappa shape index (κ3) is 4.88. The normalized spacial score (nSPS) is 23.1. The Kier molecular flexibility index (Phi) is 5.87. The average Bonchev–Trinajstić information content (AvgIpc) is 3.08. The topological polar surface area (TPSA) is 92.8 Å². The third-order valence-corrected chi connectivity index (χ3v) is 7.31. The highest BCUT2D eigenvalue weighted by Crippen LogP contribution is 2.32. The van der Waals surface area contributed by atoms with Crippen LogP contribution in [-0.4, -0.2) is 60.7 Å². The zero-order valence-corrected chi connectivity index (χ0v) is 17.0. The smallest absolute Gasteiger partial charge is 0.266 e. The Hall–Kier alpha value is -1.91. The zero-order chi connectivity index (χ0) is 19.6. The maximum absolute atomic E-state index is 12.6. The molecule has 2 fully saturated rings. The SMILES string of the molecule is COc1cccc(/C=C2\SC(=S)N(CC(=O)N[C@@H]3CCS(=O)(=O)C3)C2=O)c1. The molecule has 2 aliphatic rings. The van der Waals surface area contributed by atoms with Gasteiger partial charge >= 0.3 is 0 Å². The summed E-state index contributed by atoms with van der Waals surface area (Å²) in [6, 6.07) is 6.83. The lowest BCUT2D eigenvalue weighted by atomic mass is 10.2. The summed E-state index contributed by atoms with van der Waals surface area (Å²) in [5.41, 5.74) is 0.787. The Morgan fingerprint density at radius 2 is 2.26 bits per heavy atom. The van der Waals surface area contributed by atoms with Gasteiger partial charge in [-0.15, -0.1) is 0 Å². The minimum Gasteiger partial charge on any atom is -0.497 e. The van der Waals surface area contributed by atoms with Gasteiger partial charge in [0.05, 0.1) is 23.5 Å². The van der Waals surface area contributed by atoms with Crippen molar-refractivity contribution in [2.75, 3.05) is 25.2 Å². The van der Waals surface area contributed by atoms with Crippen LogP contribution >= 0.6 is 24.0 Å². The number of carbonyl (C=O) groups excluding carboxylic acids is 2. The number of rotatable bonds is 5. The van der Waals surface area contributed by atoms with Crippen molar-refractivity contribution in [2.45, 2.75) is 12.5 Å². The van der Waals surface area contributed by atoms with Gasteiger partial charge in [0, 0.05) is 6.04 Å². The molecule has 2 heterocycles. The highest BCUT2D eigenvalue weighted by molar-refractivity contribution is 8.26. The summed E-state index contributed by atoms with van der Waals surface area (Å²) >= 11 is 6.35. The summed E-state index contributed by atoms with van der Waals surface area (Å²) in [5.74, 6) is -0.0852. The van der Waals surface area contributed by atoms with Crippen molar-refractivity contribution in [3.8, 4) is 5.75 Å². The van der Waals surface area contributed by atoms with Gasteiger partial charge < -0.3 is 10.1 Å². The monoisotopic (exact) mass is 426 g/mol. The van der Waals surface area contributed by atoms with Crippen LogP contribution in [0, 0.1) is 0 Å². The average molecular weight is 427 g/mol. The molecule has 1 aromatic carbocycles. The third-order valence-electron chi connectivity index (χ3n) is 4.16. The lowest BCUT2D eigenvalue weighted by molar-refractivity contribution is -0.129. The molecule has 7 nitrogen and oxygen atoms in total. The predicted molar refractivity (Wildman–Crippen MR) is 108 cm³/mol. The molecule has 0 saturated carbocycles. The lowest BCUT2D eigenvalue weighted by Crippen LogP contribution is -2.43. The van der Waals surface area contributed by atoms with Gasteiger partial charge in [-0.3, -0.25) is 14.5 Å². The molecule has 2 amide bonds. The van der Waals surface area contributed by atoms with E-state index in [1.54, 1.807) is 25.3 Å². The highest BCUT2D eigenvalue weighted by atomic mass is 32.2. The molecule has 0 bridgehead atoms. The highest BCUT2D eigenvalue weighted by Gasteiger charge is 2.35. The predicted octanol–water partition coefficient (Wildman–Crippen LogP) is 1.20. The Labute approximate surface area is 167 Å². The van der Waals surface area contributed by atoms with E-state index < -0.39 is 21.8 Å². The van der Waals surface area contributed by atoms with Crippen LogP contribution in [0.3, 0.4) is 0 Å². The molecule has 0 radical (unpaired) electrons. The van der Waals surface area contributed by atoms with Crippen LogP contribution in [0.5, 0.6) is 5.75 Å². The molecule has 2 saturated heterocycles. The minimum absolute atomic E-state index is 0.0626. The fourth-order valence-corrected chi connectivity index (χ4v) is 5.77. The lowest BCUT2D eigenvalue weighted by Gasteiger charge is -2.16. The molecule has 3 rings (SSSR count). The van der Waals surface area contributed by atoms with Crippen LogP contribution in [0.2, 0.25) is 0 Å². The summed E-state index contributed by atoms with van der Waals surface area (Å²) in [7, 11) is -1.52. The second-order valence-electron chi connectivity index (χ2n) is 6.21. The van der Waals surface area contributed by atoms with Gasteiger partial charge in [0.25, 0.3) is 5.91 Å². The number of thioether (sulfide) groups is 1. The van der Waals surface area contributed by atoms with E-state index in [0.29, 0.717) is 21.4 Å². The molecule has 0 spiro atoms. The molecule has 1 atom stereocenters. The van der Waals surface area contributed by atoms with Gasteiger partial charge in [-0.05, 0) is 30.2 Å². The molecular formula is C17H18N2O5S3. The molecule has 0 unspecified atom stereocenters. The Morgan fingerprint density at radius 1 is 1.48 bits per heavy atom. The largest absolute Gasteiger partial charge is 0.497 e. The number of amides is 2. The van der Waals surface area contributed by atoms with Gasteiger partial charge in [-0.25, -0.2) is 8.42 Å². The second kappa shape index (κ2) is 7.99. The molecule has 0 aliphatic carbocycles. The van der Waals surface area contributed by atoms with Crippen LogP contribution in [0.1, 0.15) is 12.0 Å². The number of carbonyl (C=O) groups is 2. The van der Waals surface area contributed by atoms with Crippen LogP contribution < -0.4 is 10.1 Å². The van der Waals surface area contributed by atoms with Gasteiger partial charge in [0.2, 0.25) is 5.91 Å². The minimum atomic E-state index is -3.08. The first-order valence-corrected chi connectivity index (χ1v) is 11.2. The van der Waals surface area contributed by atoms with E-state index in [4.69, 9.17) is 17.0 Å². The summed E-state index contributed by atoms with van der Waals surface area (Å²) in [6.45, 7) is -0.226. The fraction of sp³-hybridized carbons (Fsp3) is 0.353. The van der Waals surface area contributed by atoms with Crippen molar-refractivity contribution in [3.63, 3.8) is 0 Å². The van der Waals surface area contributed by atoms with E-state index >= 15 is 0 Å². The Morgan fingerprint density at radius 3 is 2.93 bits per heavy atom. The number of nitrogens with zero attached hydrogens (tertiary/aromatic N) is 1. The van der Waals surface area contributed by atoms with Crippen LogP contribution in [-0.2, 0) is 19.4 Å². The maximum atomic E-state index is 12.6. The number of thiocarbonyl (C=S) groups is 1. The summed E-state index contributed by atoms with van der Waals surface area (Å²) in [4.78, 5) is 26.4. The molecule has 0 aromatic heterocycles. The molecule has 2 aliphatic heterocycles. The fourth-order valence-electron chi connectivity index (χ4n) is 2.84. The van der Waals surface area contributed by atoms with E-state index in [-0.39, 0.29) is 24.0 Å². The van der Waals surface area contributed by atoms with Gasteiger partial charge in [0.1, 0.15) is 16.6 Å². The molecule has 1 N–H and O–H groups in total. The quantitative estimate of drug-likeness (QED) is 0.559. The number of methoxy groups -OCH3 is 1. The first kappa shape index (κ1) is 19.8. The number of sulfone groups is 1. The number of hydrogen-bond acceptors (Lipinski definition) is 7. The van der Waals surface area contributed by atoms with E-state index in [1.807, 2.05) is 12.1 Å². The molecule has 10 heteroatoms. The first-order chi connectivity index (χ1) is 12.8. The summed E-state index contributed by atoms with van der Waals surface area (Å²) in [5, 5.41) is 2.67. The van der Waals surface area contributed by atoms with E-state index in [2.05, 4.69) is 5.32 Å². The maximum Gasteiger partial charge on any atom is 0.266 e. The van der Waals surface area contributed by atoms with Crippen LogP contribution in [0.4, 0.5) is 0 Å². The van der Waals surface area contributed by atoms with E-state index in [9.17, 15) is 18.0 Å². The van der Waals surface area contributed by atoms with Crippen LogP contribution in [0.15, 0.2) is 29.2 Å². The zero-order valence-electron chi connectivity index (χ0n) is 14.5. The van der Waals surface area contributed by atoms with Crippen molar-refractivity contribution in [3.05, 3.63) is 34.7 Å². The number of nitrogens with one attached hydrogen (secondary N) is 1. The summed E-state index contributed by atoms with van der Waals surface area (Å²) < 4.78 is 28.4. The van der Waals surface area contributed by atoms with Crippen molar-refractivity contribution in [2.24, 2.45) is 0 Å². The van der Waals surface area contributed by atoms with Gasteiger partial charge in [0.15, 0.2) is 9.84 Å². The second-order valence-corrected chi connectivity index (χ2v) is 10.1. The Bertz CT molecular complexity index is 926. The van der Waals surface area contributed by atoms with Crippen molar-refractivity contribution in [1.29, 1.82) is 0 Å². The van der Waals surface area contributed by atoms with Gasteiger partial charge in [-0.2, -0.15) is 0 Å². The molecular weight excluding hydrogens is 408 g/mol. The number of benzene rings is 1. The van der Waals surface area contributed by atoms with E-state index in [1.165, 1.54) is 4.90 Å². The Balaban J connectivity index is 1.65. The molecule has 144 valence electrons. The number of ether oxygens (including phenoxy) is 1. The molecule has 1 aromatic rings.